The molecule has 0 fully saturated rings. The number of carbonyl (C=O) groups is 2. The predicted molar refractivity (Wildman–Crippen MR) is 65.6 cm³/mol. The Morgan fingerprint density at radius 1 is 1.39 bits per heavy atom. The number of carbonyl (C=O) groups excluding carboxylic acids is 2. The third-order valence-corrected chi connectivity index (χ3v) is 2.42. The van der Waals surface area contributed by atoms with E-state index in [0.29, 0.717) is 0 Å². The highest BCUT2D eigenvalue weighted by atomic mass is 16.7. The van der Waals surface area contributed by atoms with Crippen molar-refractivity contribution in [3.63, 3.8) is 0 Å². The molecule has 0 saturated heterocycles. The molecule has 1 rings (SSSR count). The summed E-state index contributed by atoms with van der Waals surface area (Å²) in [5.74, 6) is 0. The molecule has 98 valence electrons. The molecule has 0 aliphatic rings. The molecule has 0 aliphatic heterocycles. The van der Waals surface area contributed by atoms with Crippen LogP contribution in [0.4, 0.5) is 4.79 Å². The second-order valence-electron chi connectivity index (χ2n) is 3.80. The normalized spacial score (nSPS) is 11.7. The first-order valence-electron chi connectivity index (χ1n) is 5.66. The van der Waals surface area contributed by atoms with Crippen molar-refractivity contribution in [1.82, 2.24) is 5.06 Å². The fourth-order valence-electron chi connectivity index (χ4n) is 1.45. The molecule has 1 aromatic rings. The summed E-state index contributed by atoms with van der Waals surface area (Å²) in [5, 5.41) is 1.05. The molecule has 0 unspecified atom stereocenters. The van der Waals surface area contributed by atoms with Crippen molar-refractivity contribution in [3.8, 4) is 0 Å². The Hall–Kier alpha value is -1.88. The van der Waals surface area contributed by atoms with Gasteiger partial charge in [-0.15, -0.1) is 0 Å². The summed E-state index contributed by atoms with van der Waals surface area (Å²) in [6.07, 6.45) is 0.339. The number of amides is 1. The minimum absolute atomic E-state index is 0.174. The van der Waals surface area contributed by atoms with Gasteiger partial charge in [0.15, 0.2) is 0 Å². The maximum absolute atomic E-state index is 11.7. The fraction of sp³-hybridized carbons (Fsp3) is 0.385. The summed E-state index contributed by atoms with van der Waals surface area (Å²) in [6, 6.07) is 8.99. The number of hydroxylamine groups is 2. The van der Waals surface area contributed by atoms with Crippen LogP contribution in [-0.4, -0.2) is 30.6 Å². The SMILES string of the molecule is CON(C(=O)OCc1ccccc1)[C@H](C)CC=O. The number of hydrogen-bond acceptors (Lipinski definition) is 4. The molecule has 0 N–H and O–H groups in total. The summed E-state index contributed by atoms with van der Waals surface area (Å²) < 4.78 is 5.09. The lowest BCUT2D eigenvalue weighted by Crippen LogP contribution is -2.38. The highest BCUT2D eigenvalue weighted by Gasteiger charge is 2.21. The first-order chi connectivity index (χ1) is 8.69. The molecule has 0 aromatic heterocycles. The Labute approximate surface area is 106 Å². The average molecular weight is 251 g/mol. The van der Waals surface area contributed by atoms with Crippen LogP contribution >= 0.6 is 0 Å². The van der Waals surface area contributed by atoms with E-state index in [2.05, 4.69) is 0 Å². The predicted octanol–water partition coefficient (Wildman–Crippen LogP) is 2.16. The van der Waals surface area contributed by atoms with E-state index in [4.69, 9.17) is 9.57 Å². The lowest BCUT2D eigenvalue weighted by atomic mass is 10.2. The summed E-state index contributed by atoms with van der Waals surface area (Å²) in [6.45, 7) is 1.88. The Balaban J connectivity index is 2.50. The van der Waals surface area contributed by atoms with Crippen LogP contribution < -0.4 is 0 Å². The van der Waals surface area contributed by atoms with E-state index in [1.807, 2.05) is 30.3 Å². The van der Waals surface area contributed by atoms with Gasteiger partial charge in [-0.1, -0.05) is 30.3 Å². The van der Waals surface area contributed by atoms with Gasteiger partial charge < -0.3 is 9.53 Å². The minimum Gasteiger partial charge on any atom is -0.443 e. The molecule has 0 bridgehead atoms. The van der Waals surface area contributed by atoms with Gasteiger partial charge in [-0.05, 0) is 12.5 Å². The Bertz CT molecular complexity index is 380. The van der Waals surface area contributed by atoms with Crippen molar-refractivity contribution in [1.29, 1.82) is 0 Å². The smallest absolute Gasteiger partial charge is 0.434 e. The molecule has 0 radical (unpaired) electrons. The highest BCUT2D eigenvalue weighted by molar-refractivity contribution is 5.67. The van der Waals surface area contributed by atoms with Gasteiger partial charge in [-0.25, -0.2) is 4.79 Å². The minimum atomic E-state index is -0.601. The van der Waals surface area contributed by atoms with Crippen molar-refractivity contribution in [2.45, 2.75) is 26.0 Å². The number of nitrogens with zero attached hydrogens (tertiary/aromatic N) is 1. The molecule has 1 amide bonds. The number of aldehydes is 1. The first-order valence-corrected chi connectivity index (χ1v) is 5.66. The molecule has 1 atom stereocenters. The second-order valence-corrected chi connectivity index (χ2v) is 3.80. The topological polar surface area (TPSA) is 55.8 Å². The maximum atomic E-state index is 11.7. The van der Waals surface area contributed by atoms with Gasteiger partial charge in [0.05, 0.1) is 13.2 Å². The monoisotopic (exact) mass is 251 g/mol. The Morgan fingerprint density at radius 2 is 2.06 bits per heavy atom. The number of hydrogen-bond donors (Lipinski definition) is 0. The van der Waals surface area contributed by atoms with Crippen LogP contribution in [0.1, 0.15) is 18.9 Å². The van der Waals surface area contributed by atoms with Gasteiger partial charge in [0, 0.05) is 6.42 Å². The largest absolute Gasteiger partial charge is 0.443 e. The molecule has 0 spiro atoms. The molecular formula is C13H17NO4. The van der Waals surface area contributed by atoms with Gasteiger partial charge in [-0.3, -0.25) is 4.84 Å². The van der Waals surface area contributed by atoms with Crippen LogP contribution in [0.5, 0.6) is 0 Å². The zero-order valence-corrected chi connectivity index (χ0v) is 10.5. The van der Waals surface area contributed by atoms with Crippen molar-refractivity contribution in [2.24, 2.45) is 0 Å². The zero-order valence-electron chi connectivity index (χ0n) is 10.5. The summed E-state index contributed by atoms with van der Waals surface area (Å²) in [4.78, 5) is 27.0. The molecule has 18 heavy (non-hydrogen) atoms. The highest BCUT2D eigenvalue weighted by Crippen LogP contribution is 2.08. The van der Waals surface area contributed by atoms with E-state index in [9.17, 15) is 9.59 Å². The summed E-state index contributed by atoms with van der Waals surface area (Å²) in [5.41, 5.74) is 0.893. The maximum Gasteiger partial charge on any atom is 0.434 e. The van der Waals surface area contributed by atoms with E-state index in [-0.39, 0.29) is 19.1 Å². The average Bonchev–Trinajstić information content (AvgIpc) is 2.39. The van der Waals surface area contributed by atoms with E-state index in [0.717, 1.165) is 16.9 Å². The van der Waals surface area contributed by atoms with Gasteiger partial charge in [0.2, 0.25) is 0 Å². The van der Waals surface area contributed by atoms with Gasteiger partial charge in [0.1, 0.15) is 12.9 Å². The summed E-state index contributed by atoms with van der Waals surface area (Å²) >= 11 is 0. The van der Waals surface area contributed by atoms with Crippen LogP contribution in [0.2, 0.25) is 0 Å². The number of benzene rings is 1. The van der Waals surface area contributed by atoms with Gasteiger partial charge >= 0.3 is 6.09 Å². The lowest BCUT2D eigenvalue weighted by molar-refractivity contribution is -0.139. The van der Waals surface area contributed by atoms with Crippen molar-refractivity contribution < 1.29 is 19.2 Å². The quantitative estimate of drug-likeness (QED) is 0.574. The zero-order chi connectivity index (χ0) is 13.4. The van der Waals surface area contributed by atoms with Crippen LogP contribution in [0.3, 0.4) is 0 Å². The van der Waals surface area contributed by atoms with Crippen molar-refractivity contribution in [2.75, 3.05) is 7.11 Å². The fourth-order valence-corrected chi connectivity index (χ4v) is 1.45. The third kappa shape index (κ3) is 4.18. The van der Waals surface area contributed by atoms with Gasteiger partial charge in [0.25, 0.3) is 0 Å². The molecule has 0 heterocycles. The molecule has 5 heteroatoms. The van der Waals surface area contributed by atoms with Gasteiger partial charge in [-0.2, -0.15) is 5.06 Å². The Morgan fingerprint density at radius 3 is 2.61 bits per heavy atom. The molecule has 1 aromatic carbocycles. The number of ether oxygens (including phenoxy) is 1. The van der Waals surface area contributed by atoms with Crippen LogP contribution in [0.15, 0.2) is 30.3 Å². The van der Waals surface area contributed by atoms with Crippen LogP contribution in [0, 0.1) is 0 Å². The second kappa shape index (κ2) is 7.45. The van der Waals surface area contributed by atoms with E-state index in [1.54, 1.807) is 6.92 Å². The standard InChI is InChI=1S/C13H17NO4/c1-11(8-9-15)14(17-2)13(16)18-10-12-6-4-3-5-7-12/h3-7,9,11H,8,10H2,1-2H3/t11-/m1/s1. The molecular weight excluding hydrogens is 234 g/mol. The molecule has 5 nitrogen and oxygen atoms in total. The van der Waals surface area contributed by atoms with Crippen molar-refractivity contribution in [3.05, 3.63) is 35.9 Å². The summed E-state index contributed by atoms with van der Waals surface area (Å²) in [7, 11) is 1.37. The Kier molecular flexibility index (Phi) is 5.87. The lowest BCUT2D eigenvalue weighted by Gasteiger charge is -2.24. The third-order valence-electron chi connectivity index (χ3n) is 2.42. The molecule has 0 aliphatic carbocycles. The first kappa shape index (κ1) is 14.2. The van der Waals surface area contributed by atoms with Crippen LogP contribution in [0.25, 0.3) is 0 Å². The number of rotatable bonds is 6. The van der Waals surface area contributed by atoms with E-state index >= 15 is 0 Å². The van der Waals surface area contributed by atoms with E-state index < -0.39 is 6.09 Å². The van der Waals surface area contributed by atoms with Crippen LogP contribution in [-0.2, 0) is 21.0 Å². The van der Waals surface area contributed by atoms with E-state index in [1.165, 1.54) is 7.11 Å². The van der Waals surface area contributed by atoms with Crippen molar-refractivity contribution >= 4 is 12.4 Å². The molecule has 0 saturated carbocycles.